The lowest BCUT2D eigenvalue weighted by Crippen LogP contribution is -2.12. The summed E-state index contributed by atoms with van der Waals surface area (Å²) in [5.41, 5.74) is 6.86. The number of phenols is 1. The van der Waals surface area contributed by atoms with Gasteiger partial charge in [-0.1, -0.05) is 34.8 Å². The van der Waals surface area contributed by atoms with Crippen LogP contribution in [0.2, 0.25) is 15.1 Å². The molecule has 21 heavy (non-hydrogen) atoms. The van der Waals surface area contributed by atoms with Gasteiger partial charge in [0, 0.05) is 21.7 Å². The first-order chi connectivity index (χ1) is 9.79. The van der Waals surface area contributed by atoms with Crippen LogP contribution < -0.4 is 11.1 Å². The summed E-state index contributed by atoms with van der Waals surface area (Å²) in [5.74, 6) is -0.663. The summed E-state index contributed by atoms with van der Waals surface area (Å²) in [6, 6.07) is 5.61. The van der Waals surface area contributed by atoms with Crippen LogP contribution in [0, 0.1) is 6.92 Å². The van der Waals surface area contributed by atoms with E-state index >= 15 is 0 Å². The quantitative estimate of drug-likeness (QED) is 0.554. The summed E-state index contributed by atoms with van der Waals surface area (Å²) in [5, 5.41) is 13.3. The van der Waals surface area contributed by atoms with Crippen LogP contribution in [0.1, 0.15) is 15.9 Å². The molecule has 0 unspecified atom stereocenters. The van der Waals surface area contributed by atoms with Crippen molar-refractivity contribution in [3.8, 4) is 5.75 Å². The summed E-state index contributed by atoms with van der Waals surface area (Å²) in [6.07, 6.45) is 0. The van der Waals surface area contributed by atoms with E-state index in [0.717, 1.165) is 0 Å². The zero-order valence-corrected chi connectivity index (χ0v) is 13.1. The molecule has 0 saturated heterocycles. The number of anilines is 2. The van der Waals surface area contributed by atoms with Gasteiger partial charge in [-0.25, -0.2) is 0 Å². The van der Waals surface area contributed by atoms with E-state index in [0.29, 0.717) is 15.6 Å². The molecule has 0 heterocycles. The molecule has 0 aromatic heterocycles. The lowest BCUT2D eigenvalue weighted by molar-refractivity contribution is 0.102. The third kappa shape index (κ3) is 3.35. The predicted molar refractivity (Wildman–Crippen MR) is 86.7 cm³/mol. The van der Waals surface area contributed by atoms with Crippen LogP contribution in [0.25, 0.3) is 0 Å². The Labute approximate surface area is 136 Å². The molecule has 7 heteroatoms. The van der Waals surface area contributed by atoms with Crippen molar-refractivity contribution in [1.29, 1.82) is 0 Å². The van der Waals surface area contributed by atoms with Gasteiger partial charge >= 0.3 is 0 Å². The molecule has 110 valence electrons. The van der Waals surface area contributed by atoms with E-state index in [9.17, 15) is 9.90 Å². The zero-order chi connectivity index (χ0) is 15.7. The third-order valence-electron chi connectivity index (χ3n) is 2.91. The fourth-order valence-corrected chi connectivity index (χ4v) is 2.30. The molecule has 4 N–H and O–H groups in total. The second kappa shape index (κ2) is 6.02. The molecule has 0 aliphatic rings. The first-order valence-electron chi connectivity index (χ1n) is 5.84. The van der Waals surface area contributed by atoms with Gasteiger partial charge in [-0.05, 0) is 30.7 Å². The number of halogens is 3. The first kappa shape index (κ1) is 15.8. The molecule has 0 saturated carbocycles. The van der Waals surface area contributed by atoms with Crippen molar-refractivity contribution in [3.05, 3.63) is 50.5 Å². The standard InChI is InChI=1S/C14H11Cl3N2O2/c1-6-8(15)2-7(3-9(6)16)14(21)19-12-4-10(17)11(18)5-13(12)20/h2-5,20H,18H2,1H3,(H,19,21). The van der Waals surface area contributed by atoms with Crippen LogP contribution in [0.3, 0.4) is 0 Å². The van der Waals surface area contributed by atoms with Gasteiger partial charge in [0.25, 0.3) is 5.91 Å². The Morgan fingerprint density at radius 2 is 1.67 bits per heavy atom. The first-order valence-corrected chi connectivity index (χ1v) is 6.98. The minimum atomic E-state index is -0.477. The van der Waals surface area contributed by atoms with Crippen molar-refractivity contribution in [2.75, 3.05) is 11.1 Å². The highest BCUT2D eigenvalue weighted by atomic mass is 35.5. The monoisotopic (exact) mass is 344 g/mol. The Morgan fingerprint density at radius 1 is 1.10 bits per heavy atom. The van der Waals surface area contributed by atoms with Crippen LogP contribution >= 0.6 is 34.8 Å². The molecule has 1 amide bonds. The van der Waals surface area contributed by atoms with Crippen LogP contribution in [-0.4, -0.2) is 11.0 Å². The van der Waals surface area contributed by atoms with Crippen molar-refractivity contribution >= 4 is 52.1 Å². The number of phenolic OH excluding ortho intramolecular Hbond substituents is 1. The smallest absolute Gasteiger partial charge is 0.255 e. The van der Waals surface area contributed by atoms with Gasteiger partial charge in [-0.2, -0.15) is 0 Å². The molecule has 0 radical (unpaired) electrons. The summed E-state index contributed by atoms with van der Waals surface area (Å²) in [6.45, 7) is 1.75. The van der Waals surface area contributed by atoms with Crippen molar-refractivity contribution in [1.82, 2.24) is 0 Å². The molecule has 0 aliphatic heterocycles. The lowest BCUT2D eigenvalue weighted by atomic mass is 10.1. The topological polar surface area (TPSA) is 75.4 Å². The second-order valence-corrected chi connectivity index (χ2v) is 5.63. The molecule has 2 aromatic rings. The van der Waals surface area contributed by atoms with Crippen LogP contribution in [0.5, 0.6) is 5.75 Å². The number of amides is 1. The van der Waals surface area contributed by atoms with Gasteiger partial charge in [-0.15, -0.1) is 0 Å². The number of hydrogen-bond acceptors (Lipinski definition) is 3. The predicted octanol–water partition coefficient (Wildman–Crippen LogP) is 4.50. The summed E-state index contributed by atoms with van der Waals surface area (Å²) in [4.78, 5) is 12.2. The largest absolute Gasteiger partial charge is 0.506 e. The molecular weight excluding hydrogens is 335 g/mol. The number of nitrogens with two attached hydrogens (primary N) is 1. The highest BCUT2D eigenvalue weighted by Crippen LogP contribution is 2.32. The minimum absolute atomic E-state index is 0.145. The molecule has 0 fully saturated rings. The molecule has 0 aliphatic carbocycles. The van der Waals surface area contributed by atoms with Gasteiger partial charge < -0.3 is 16.2 Å². The maximum atomic E-state index is 12.2. The fraction of sp³-hybridized carbons (Fsp3) is 0.0714. The lowest BCUT2D eigenvalue weighted by Gasteiger charge is -2.10. The van der Waals surface area contributed by atoms with E-state index in [1.807, 2.05) is 0 Å². The number of hydrogen-bond donors (Lipinski definition) is 3. The molecular formula is C14H11Cl3N2O2. The molecule has 0 spiro atoms. The van der Waals surface area contributed by atoms with Crippen molar-refractivity contribution in [2.24, 2.45) is 0 Å². The normalized spacial score (nSPS) is 10.5. The number of nitrogens with one attached hydrogen (secondary N) is 1. The van der Waals surface area contributed by atoms with Crippen LogP contribution in [0.15, 0.2) is 24.3 Å². The fourth-order valence-electron chi connectivity index (χ4n) is 1.65. The number of rotatable bonds is 2. The average molecular weight is 346 g/mol. The van der Waals surface area contributed by atoms with Gasteiger partial charge in [0.15, 0.2) is 0 Å². The van der Waals surface area contributed by atoms with Gasteiger partial charge in [0.2, 0.25) is 0 Å². The van der Waals surface area contributed by atoms with E-state index in [4.69, 9.17) is 40.5 Å². The number of carbonyl (C=O) groups excluding carboxylic acids is 1. The molecule has 0 atom stereocenters. The SMILES string of the molecule is Cc1c(Cl)cc(C(=O)Nc2cc(Cl)c(N)cc2O)cc1Cl. The maximum absolute atomic E-state index is 12.2. The summed E-state index contributed by atoms with van der Waals surface area (Å²) in [7, 11) is 0. The zero-order valence-electron chi connectivity index (χ0n) is 10.9. The summed E-state index contributed by atoms with van der Waals surface area (Å²) < 4.78 is 0. The molecule has 0 bridgehead atoms. The van der Waals surface area contributed by atoms with Gasteiger partial charge in [0.05, 0.1) is 16.4 Å². The number of carbonyl (C=O) groups is 1. The van der Waals surface area contributed by atoms with Crippen molar-refractivity contribution in [2.45, 2.75) is 6.92 Å². The van der Waals surface area contributed by atoms with E-state index in [1.165, 1.54) is 24.3 Å². The van der Waals surface area contributed by atoms with Crippen molar-refractivity contribution < 1.29 is 9.90 Å². The number of aromatic hydroxyl groups is 1. The Kier molecular flexibility index (Phi) is 4.52. The Balaban J connectivity index is 2.32. The number of benzene rings is 2. The highest BCUT2D eigenvalue weighted by Gasteiger charge is 2.14. The molecule has 2 rings (SSSR count). The van der Waals surface area contributed by atoms with E-state index in [2.05, 4.69) is 5.32 Å². The second-order valence-electron chi connectivity index (χ2n) is 4.41. The highest BCUT2D eigenvalue weighted by molar-refractivity contribution is 6.36. The van der Waals surface area contributed by atoms with E-state index in [-0.39, 0.29) is 27.7 Å². The average Bonchev–Trinajstić information content (AvgIpc) is 2.41. The Bertz CT molecular complexity index is 709. The summed E-state index contributed by atoms with van der Waals surface area (Å²) >= 11 is 17.8. The Hall–Kier alpha value is -1.62. The van der Waals surface area contributed by atoms with Crippen molar-refractivity contribution in [3.63, 3.8) is 0 Å². The number of nitrogen functional groups attached to an aromatic ring is 1. The minimum Gasteiger partial charge on any atom is -0.506 e. The van der Waals surface area contributed by atoms with Gasteiger partial charge in [0.1, 0.15) is 5.75 Å². The van der Waals surface area contributed by atoms with Crippen LogP contribution in [0.4, 0.5) is 11.4 Å². The van der Waals surface area contributed by atoms with E-state index < -0.39 is 5.91 Å². The molecule has 2 aromatic carbocycles. The van der Waals surface area contributed by atoms with E-state index in [1.54, 1.807) is 6.92 Å². The third-order valence-corrected chi connectivity index (χ3v) is 4.02. The maximum Gasteiger partial charge on any atom is 0.255 e. The van der Waals surface area contributed by atoms with Crippen LogP contribution in [-0.2, 0) is 0 Å². The Morgan fingerprint density at radius 3 is 2.24 bits per heavy atom. The van der Waals surface area contributed by atoms with Gasteiger partial charge in [-0.3, -0.25) is 4.79 Å². The molecule has 4 nitrogen and oxygen atoms in total.